The molecular weight excluding hydrogens is 458 g/mol. The molecule has 1 atom stereocenters. The fourth-order valence-corrected chi connectivity index (χ4v) is 5.24. The molecule has 0 spiro atoms. The van der Waals surface area contributed by atoms with Crippen LogP contribution in [0, 0.1) is 16.7 Å². The van der Waals surface area contributed by atoms with Gasteiger partial charge in [-0.2, -0.15) is 9.98 Å². The third kappa shape index (κ3) is 4.79. The van der Waals surface area contributed by atoms with Gasteiger partial charge in [0.15, 0.2) is 0 Å². The van der Waals surface area contributed by atoms with Crippen molar-refractivity contribution < 1.29 is 13.2 Å². The van der Waals surface area contributed by atoms with Crippen molar-refractivity contribution in [2.75, 3.05) is 5.32 Å². The minimum atomic E-state index is -3.95. The number of hydrogen-bond donors (Lipinski definition) is 2. The number of sulfonamides is 1. The zero-order valence-electron chi connectivity index (χ0n) is 18.1. The second-order valence-electron chi connectivity index (χ2n) is 8.68. The summed E-state index contributed by atoms with van der Waals surface area (Å²) >= 11 is 6.03. The Labute approximate surface area is 198 Å². The van der Waals surface area contributed by atoms with Crippen molar-refractivity contribution in [3.05, 3.63) is 94.0 Å². The van der Waals surface area contributed by atoms with Crippen LogP contribution in [-0.4, -0.2) is 14.3 Å². The van der Waals surface area contributed by atoms with Crippen LogP contribution in [0.15, 0.2) is 71.6 Å². The molecule has 3 aromatic carbocycles. The number of amides is 1. The van der Waals surface area contributed by atoms with Gasteiger partial charge >= 0.3 is 0 Å². The minimum Gasteiger partial charge on any atom is -0.325 e. The van der Waals surface area contributed by atoms with E-state index in [4.69, 9.17) is 11.6 Å². The second kappa shape index (κ2) is 8.64. The summed E-state index contributed by atoms with van der Waals surface area (Å²) in [6.45, 7) is 3.65. The smallest absolute Gasteiger partial charge is 0.241 e. The third-order valence-electron chi connectivity index (χ3n) is 5.71. The Morgan fingerprint density at radius 2 is 1.79 bits per heavy atom. The largest absolute Gasteiger partial charge is 0.325 e. The van der Waals surface area contributed by atoms with Gasteiger partial charge in [-0.15, -0.1) is 0 Å². The van der Waals surface area contributed by atoms with E-state index >= 15 is 0 Å². The van der Waals surface area contributed by atoms with Gasteiger partial charge in [0.25, 0.3) is 0 Å². The molecule has 0 aromatic heterocycles. The van der Waals surface area contributed by atoms with Gasteiger partial charge in [0.05, 0.1) is 22.6 Å². The van der Waals surface area contributed by atoms with Gasteiger partial charge in [-0.25, -0.2) is 8.42 Å². The van der Waals surface area contributed by atoms with Gasteiger partial charge in [-0.3, -0.25) is 4.79 Å². The van der Waals surface area contributed by atoms with Gasteiger partial charge in [0.2, 0.25) is 15.9 Å². The summed E-state index contributed by atoms with van der Waals surface area (Å²) in [5.41, 5.74) is 2.49. The monoisotopic (exact) mass is 479 g/mol. The quantitative estimate of drug-likeness (QED) is 0.549. The van der Waals surface area contributed by atoms with E-state index in [0.29, 0.717) is 33.8 Å². The predicted molar refractivity (Wildman–Crippen MR) is 127 cm³/mol. The van der Waals surface area contributed by atoms with E-state index in [1.807, 2.05) is 13.8 Å². The topological polar surface area (TPSA) is 99.1 Å². The van der Waals surface area contributed by atoms with Crippen LogP contribution in [0.4, 0.5) is 5.69 Å². The molecule has 2 N–H and O–H groups in total. The van der Waals surface area contributed by atoms with E-state index in [1.54, 1.807) is 60.7 Å². The molecular formula is C25H22ClN3O3S. The lowest BCUT2D eigenvalue weighted by molar-refractivity contribution is -0.124. The number of fused-ring (bicyclic) bond motifs is 1. The van der Waals surface area contributed by atoms with Crippen LogP contribution in [0.25, 0.3) is 0 Å². The molecule has 33 heavy (non-hydrogen) atoms. The number of anilines is 1. The normalized spacial score (nSPS) is 15.8. The average molecular weight is 480 g/mol. The van der Waals surface area contributed by atoms with E-state index in [1.165, 1.54) is 6.07 Å². The molecule has 0 fully saturated rings. The number of carbonyl (C=O) groups excluding carboxylic acids is 1. The maximum atomic E-state index is 13.4. The molecule has 1 heterocycles. The first kappa shape index (κ1) is 23.0. The standard InChI is InChI=1S/C25H22ClN3O3S/c1-25(2)14-19-13-21(10-11-22(19)28-24(25)30)33(31,32)29-23(17-6-8-20(26)9-7-17)18-5-3-4-16(12-18)15-27/h3-13,23,29H,14H2,1-2H3,(H,28,30). The molecule has 1 aliphatic heterocycles. The summed E-state index contributed by atoms with van der Waals surface area (Å²) in [7, 11) is -3.95. The Morgan fingerprint density at radius 3 is 2.48 bits per heavy atom. The molecule has 0 aliphatic carbocycles. The molecule has 8 heteroatoms. The van der Waals surface area contributed by atoms with Crippen molar-refractivity contribution in [1.29, 1.82) is 5.26 Å². The zero-order chi connectivity index (χ0) is 23.8. The Morgan fingerprint density at radius 1 is 1.06 bits per heavy atom. The molecule has 0 saturated heterocycles. The number of rotatable bonds is 5. The van der Waals surface area contributed by atoms with E-state index < -0.39 is 21.5 Å². The Balaban J connectivity index is 1.74. The molecule has 1 amide bonds. The van der Waals surface area contributed by atoms with E-state index in [0.717, 1.165) is 5.56 Å². The first-order valence-electron chi connectivity index (χ1n) is 10.3. The van der Waals surface area contributed by atoms with Gasteiger partial charge in [-0.1, -0.05) is 49.7 Å². The van der Waals surface area contributed by atoms with Crippen LogP contribution in [0.1, 0.15) is 42.1 Å². The maximum absolute atomic E-state index is 13.4. The lowest BCUT2D eigenvalue weighted by Gasteiger charge is -2.30. The number of halogens is 1. The highest BCUT2D eigenvalue weighted by molar-refractivity contribution is 7.89. The van der Waals surface area contributed by atoms with Crippen molar-refractivity contribution in [3.8, 4) is 6.07 Å². The van der Waals surface area contributed by atoms with Crippen molar-refractivity contribution in [3.63, 3.8) is 0 Å². The van der Waals surface area contributed by atoms with E-state index in [2.05, 4.69) is 16.1 Å². The highest BCUT2D eigenvalue weighted by atomic mass is 35.5. The summed E-state index contributed by atoms with van der Waals surface area (Å²) in [6.07, 6.45) is 0.433. The Kier molecular flexibility index (Phi) is 6.02. The van der Waals surface area contributed by atoms with Gasteiger partial charge < -0.3 is 5.32 Å². The third-order valence-corrected chi connectivity index (χ3v) is 7.38. The van der Waals surface area contributed by atoms with Crippen LogP contribution < -0.4 is 10.0 Å². The van der Waals surface area contributed by atoms with Gasteiger partial charge in [0.1, 0.15) is 0 Å². The Bertz CT molecular complexity index is 1380. The molecule has 0 radical (unpaired) electrons. The van der Waals surface area contributed by atoms with Crippen LogP contribution >= 0.6 is 11.6 Å². The number of nitrogens with one attached hydrogen (secondary N) is 2. The SMILES string of the molecule is CC1(C)Cc2cc(S(=O)(=O)NC(c3ccc(Cl)cc3)c3cccc(C#N)c3)ccc2NC1=O. The highest BCUT2D eigenvalue weighted by Gasteiger charge is 2.34. The van der Waals surface area contributed by atoms with E-state index in [-0.39, 0.29) is 10.8 Å². The lowest BCUT2D eigenvalue weighted by Crippen LogP contribution is -2.37. The van der Waals surface area contributed by atoms with Crippen LogP contribution in [0.5, 0.6) is 0 Å². The highest BCUT2D eigenvalue weighted by Crippen LogP contribution is 2.35. The first-order valence-corrected chi connectivity index (χ1v) is 12.2. The molecule has 0 bridgehead atoms. The summed E-state index contributed by atoms with van der Waals surface area (Å²) < 4.78 is 29.6. The van der Waals surface area contributed by atoms with Crippen molar-refractivity contribution in [1.82, 2.24) is 4.72 Å². The van der Waals surface area contributed by atoms with Gasteiger partial charge in [0, 0.05) is 16.1 Å². The number of benzene rings is 3. The maximum Gasteiger partial charge on any atom is 0.241 e. The van der Waals surface area contributed by atoms with Crippen LogP contribution in [0.3, 0.4) is 0 Å². The van der Waals surface area contributed by atoms with Gasteiger partial charge in [-0.05, 0) is 65.6 Å². The summed E-state index contributed by atoms with van der Waals surface area (Å²) in [6, 6.07) is 19.7. The lowest BCUT2D eigenvalue weighted by atomic mass is 9.81. The molecule has 0 saturated carbocycles. The molecule has 4 rings (SSSR count). The number of carbonyl (C=O) groups is 1. The average Bonchev–Trinajstić information content (AvgIpc) is 2.78. The molecule has 168 valence electrons. The molecule has 3 aromatic rings. The van der Waals surface area contributed by atoms with Crippen LogP contribution in [-0.2, 0) is 21.2 Å². The van der Waals surface area contributed by atoms with E-state index in [9.17, 15) is 18.5 Å². The first-order chi connectivity index (χ1) is 15.6. The minimum absolute atomic E-state index is 0.0936. The number of nitrogens with zero attached hydrogens (tertiary/aromatic N) is 1. The van der Waals surface area contributed by atoms with Crippen molar-refractivity contribution in [2.24, 2.45) is 5.41 Å². The fraction of sp³-hybridized carbons (Fsp3) is 0.200. The molecule has 6 nitrogen and oxygen atoms in total. The van der Waals surface area contributed by atoms with Crippen molar-refractivity contribution in [2.45, 2.75) is 31.2 Å². The summed E-state index contributed by atoms with van der Waals surface area (Å²) in [5.74, 6) is -0.0936. The molecule has 1 aliphatic rings. The number of hydrogen-bond acceptors (Lipinski definition) is 4. The van der Waals surface area contributed by atoms with Crippen LogP contribution in [0.2, 0.25) is 5.02 Å². The number of nitriles is 1. The second-order valence-corrected chi connectivity index (χ2v) is 10.8. The predicted octanol–water partition coefficient (Wildman–Crippen LogP) is 4.80. The zero-order valence-corrected chi connectivity index (χ0v) is 19.7. The fourth-order valence-electron chi connectivity index (χ4n) is 3.85. The Hall–Kier alpha value is -3.18. The summed E-state index contributed by atoms with van der Waals surface area (Å²) in [4.78, 5) is 12.3. The molecule has 1 unspecified atom stereocenters. The van der Waals surface area contributed by atoms with Crippen molar-refractivity contribution >= 4 is 33.2 Å². The summed E-state index contributed by atoms with van der Waals surface area (Å²) in [5, 5.41) is 12.7.